The molecule has 0 spiro atoms. The minimum Gasteiger partial charge on any atom is -0.369 e. The fraction of sp³-hybridized carbons (Fsp3) is 0.357. The minimum atomic E-state index is -0.821. The quantitative estimate of drug-likeness (QED) is 0.404. The number of amides is 1. The van der Waals surface area contributed by atoms with Crippen LogP contribution in [0.1, 0.15) is 55.6 Å². The lowest BCUT2D eigenvalue weighted by atomic mass is 9.64. The lowest BCUT2D eigenvalue weighted by Gasteiger charge is -2.37. The zero-order valence-corrected chi connectivity index (χ0v) is 19.2. The Bertz CT molecular complexity index is 1030. The van der Waals surface area contributed by atoms with Crippen molar-refractivity contribution >= 4 is 5.91 Å². The molecule has 1 saturated carbocycles. The van der Waals surface area contributed by atoms with Crippen molar-refractivity contribution < 1.29 is 9.36 Å². The van der Waals surface area contributed by atoms with Gasteiger partial charge >= 0.3 is 0 Å². The van der Waals surface area contributed by atoms with Gasteiger partial charge in [-0.25, -0.2) is 9.13 Å². The molecule has 1 fully saturated rings. The molecular formula is C28H34N3O+. The number of primary amides is 1. The molecule has 4 nitrogen and oxygen atoms in total. The number of allylic oxidation sites excluding steroid dienone is 2. The normalized spacial score (nSPS) is 18.9. The van der Waals surface area contributed by atoms with E-state index in [9.17, 15) is 4.79 Å². The highest BCUT2D eigenvalue weighted by Gasteiger charge is 2.51. The highest BCUT2D eigenvalue weighted by molar-refractivity contribution is 5.91. The summed E-state index contributed by atoms with van der Waals surface area (Å²) in [6.45, 7) is 5.23. The standard InChI is InChI=1S/C28H33N3O/c1-3-4-11-18-30-19-20-31(22(30)2)26-17-16-25(21-26)28(27(29)32,23-12-7-5-8-13-23)24-14-9-6-10-15-24/h4-15,19-20,25-26H,3,16-18,21H2,1-2H3,(H-,29,32)/p+1/t25-,26+/m0/s1. The average molecular weight is 429 g/mol. The van der Waals surface area contributed by atoms with Crippen LogP contribution in [0.5, 0.6) is 0 Å². The molecule has 0 bridgehead atoms. The molecule has 0 aliphatic heterocycles. The van der Waals surface area contributed by atoms with Gasteiger partial charge in [-0.2, -0.15) is 0 Å². The maximum atomic E-state index is 13.3. The largest absolute Gasteiger partial charge is 0.369 e. The Morgan fingerprint density at radius 3 is 2.25 bits per heavy atom. The van der Waals surface area contributed by atoms with Gasteiger partial charge in [0.1, 0.15) is 30.4 Å². The summed E-state index contributed by atoms with van der Waals surface area (Å²) in [5.41, 5.74) is 7.41. The Kier molecular flexibility index (Phi) is 6.59. The van der Waals surface area contributed by atoms with E-state index in [1.807, 2.05) is 36.4 Å². The highest BCUT2D eigenvalue weighted by Crippen LogP contribution is 2.49. The number of hydrogen-bond donors (Lipinski definition) is 1. The molecule has 2 N–H and O–H groups in total. The Balaban J connectivity index is 1.70. The second kappa shape index (κ2) is 9.56. The number of hydrogen-bond acceptors (Lipinski definition) is 1. The molecule has 1 aliphatic rings. The van der Waals surface area contributed by atoms with Crippen molar-refractivity contribution in [3.8, 4) is 0 Å². The summed E-state index contributed by atoms with van der Waals surface area (Å²) in [4.78, 5) is 13.3. The summed E-state index contributed by atoms with van der Waals surface area (Å²) in [6.07, 6.45) is 12.8. The van der Waals surface area contributed by atoms with Gasteiger partial charge in [0.15, 0.2) is 0 Å². The van der Waals surface area contributed by atoms with E-state index >= 15 is 0 Å². The van der Waals surface area contributed by atoms with Gasteiger partial charge in [0, 0.05) is 6.92 Å². The van der Waals surface area contributed by atoms with Crippen molar-refractivity contribution in [2.24, 2.45) is 11.7 Å². The molecule has 1 heterocycles. The average Bonchev–Trinajstić information content (AvgIpc) is 3.43. The number of aromatic nitrogens is 2. The predicted molar refractivity (Wildman–Crippen MR) is 128 cm³/mol. The third-order valence-electron chi connectivity index (χ3n) is 7.16. The van der Waals surface area contributed by atoms with Crippen molar-refractivity contribution in [1.29, 1.82) is 0 Å². The topological polar surface area (TPSA) is 51.9 Å². The van der Waals surface area contributed by atoms with Crippen LogP contribution < -0.4 is 10.3 Å². The molecule has 0 saturated heterocycles. The van der Waals surface area contributed by atoms with E-state index in [-0.39, 0.29) is 11.8 Å². The number of benzene rings is 2. The van der Waals surface area contributed by atoms with Crippen molar-refractivity contribution in [2.75, 3.05) is 0 Å². The van der Waals surface area contributed by atoms with E-state index in [4.69, 9.17) is 5.73 Å². The summed E-state index contributed by atoms with van der Waals surface area (Å²) in [7, 11) is 0. The van der Waals surface area contributed by atoms with E-state index in [2.05, 4.69) is 71.8 Å². The van der Waals surface area contributed by atoms with Crippen LogP contribution in [0.25, 0.3) is 0 Å². The molecule has 3 aromatic rings. The monoisotopic (exact) mass is 428 g/mol. The lowest BCUT2D eigenvalue weighted by molar-refractivity contribution is -0.692. The Labute approximate surface area is 191 Å². The van der Waals surface area contributed by atoms with Crippen LogP contribution in [0.2, 0.25) is 0 Å². The van der Waals surface area contributed by atoms with E-state index < -0.39 is 5.41 Å². The zero-order chi connectivity index (χ0) is 22.6. The number of carbonyl (C=O) groups is 1. The fourth-order valence-electron chi connectivity index (χ4n) is 5.58. The first-order valence-corrected chi connectivity index (χ1v) is 11.7. The molecule has 1 amide bonds. The molecule has 4 heteroatoms. The van der Waals surface area contributed by atoms with Crippen LogP contribution in [0.15, 0.2) is 85.2 Å². The van der Waals surface area contributed by atoms with Crippen molar-refractivity contribution in [3.63, 3.8) is 0 Å². The van der Waals surface area contributed by atoms with E-state index in [0.717, 1.165) is 43.4 Å². The first-order valence-electron chi connectivity index (χ1n) is 11.7. The summed E-state index contributed by atoms with van der Waals surface area (Å²) in [5.74, 6) is 1.13. The number of nitrogens with two attached hydrogens (primary N) is 1. The van der Waals surface area contributed by atoms with Crippen molar-refractivity contribution in [2.45, 2.75) is 57.5 Å². The van der Waals surface area contributed by atoms with E-state index in [1.54, 1.807) is 0 Å². The van der Waals surface area contributed by atoms with Crippen molar-refractivity contribution in [3.05, 3.63) is 102 Å². The molecule has 4 rings (SSSR count). The van der Waals surface area contributed by atoms with Crippen LogP contribution >= 0.6 is 0 Å². The number of rotatable bonds is 8. The SMILES string of the molecule is CCC=CC[n+]1ccn([C@@H]2CC[C@H](C(C(N)=O)(c3ccccc3)c3ccccc3)C2)c1C. The second-order valence-electron chi connectivity index (χ2n) is 8.85. The molecule has 2 aromatic carbocycles. The Morgan fingerprint density at radius 1 is 1.06 bits per heavy atom. The molecule has 1 aromatic heterocycles. The smallest absolute Gasteiger partial charge is 0.253 e. The second-order valence-corrected chi connectivity index (χ2v) is 8.85. The van der Waals surface area contributed by atoms with Crippen molar-refractivity contribution in [1.82, 2.24) is 4.57 Å². The van der Waals surface area contributed by atoms with E-state index in [0.29, 0.717) is 6.04 Å². The molecule has 1 aliphatic carbocycles. The van der Waals surface area contributed by atoms with Gasteiger partial charge in [-0.15, -0.1) is 0 Å². The van der Waals surface area contributed by atoms with Crippen LogP contribution in [0.4, 0.5) is 0 Å². The third kappa shape index (κ3) is 3.90. The fourth-order valence-corrected chi connectivity index (χ4v) is 5.58. The van der Waals surface area contributed by atoms with Gasteiger partial charge in [0.25, 0.3) is 5.82 Å². The van der Waals surface area contributed by atoms with Gasteiger partial charge in [-0.1, -0.05) is 73.7 Å². The van der Waals surface area contributed by atoms with E-state index in [1.165, 1.54) is 5.82 Å². The minimum absolute atomic E-state index is 0.144. The highest BCUT2D eigenvalue weighted by atomic mass is 16.1. The Hall–Kier alpha value is -3.14. The Morgan fingerprint density at radius 2 is 1.69 bits per heavy atom. The summed E-state index contributed by atoms with van der Waals surface area (Å²) in [5, 5.41) is 0. The number of imidazole rings is 1. The van der Waals surface area contributed by atoms with Gasteiger partial charge in [-0.3, -0.25) is 4.79 Å². The molecule has 166 valence electrons. The number of carbonyl (C=O) groups excluding carboxylic acids is 1. The van der Waals surface area contributed by atoms with Gasteiger partial charge in [0.2, 0.25) is 5.91 Å². The van der Waals surface area contributed by atoms with Crippen LogP contribution in [0, 0.1) is 12.8 Å². The first kappa shape index (κ1) is 22.1. The molecule has 0 radical (unpaired) electrons. The summed E-state index contributed by atoms with van der Waals surface area (Å²) < 4.78 is 4.68. The first-order chi connectivity index (χ1) is 15.6. The lowest BCUT2D eigenvalue weighted by Crippen LogP contribution is -2.47. The molecule has 2 atom stereocenters. The van der Waals surface area contributed by atoms with Gasteiger partial charge < -0.3 is 5.73 Å². The maximum Gasteiger partial charge on any atom is 0.253 e. The predicted octanol–water partition coefficient (Wildman–Crippen LogP) is 4.86. The van der Waals surface area contributed by atoms with Gasteiger partial charge in [-0.05, 0) is 48.8 Å². The summed E-state index contributed by atoms with van der Waals surface area (Å²) in [6, 6.07) is 20.6. The van der Waals surface area contributed by atoms with Gasteiger partial charge in [0.05, 0.1) is 0 Å². The van der Waals surface area contributed by atoms with Crippen LogP contribution in [-0.2, 0) is 16.8 Å². The number of nitrogens with zero attached hydrogens (tertiary/aromatic N) is 2. The maximum absolute atomic E-state index is 13.3. The molecule has 32 heavy (non-hydrogen) atoms. The molecular weight excluding hydrogens is 394 g/mol. The summed E-state index contributed by atoms with van der Waals surface area (Å²) >= 11 is 0. The molecule has 0 unspecified atom stereocenters. The third-order valence-corrected chi connectivity index (χ3v) is 7.16. The van der Waals surface area contributed by atoms with Crippen LogP contribution in [-0.4, -0.2) is 10.5 Å². The van der Waals surface area contributed by atoms with Crippen LogP contribution in [0.3, 0.4) is 0 Å². The zero-order valence-electron chi connectivity index (χ0n) is 19.2.